The predicted octanol–water partition coefficient (Wildman–Crippen LogP) is 1.83. The number of fused-ring (bicyclic) bond motifs is 2. The van der Waals surface area contributed by atoms with Crippen molar-refractivity contribution in [1.29, 1.82) is 0 Å². The molecule has 24 heavy (non-hydrogen) atoms. The number of rotatable bonds is 3. The van der Waals surface area contributed by atoms with Gasteiger partial charge in [-0.15, -0.1) is 0 Å². The standard InChI is InChI=1S/C17H24N6O/c1-22(17-15-16(19-10-18-15)20-11-21-17)9-14(24)23-7-6-12-4-2-3-5-13(12)8-23/h10-13H,2-9H2,1H3,(H,18,19,20,21)/t12-,13-/m0/s1. The summed E-state index contributed by atoms with van der Waals surface area (Å²) in [5, 5.41) is 0. The van der Waals surface area contributed by atoms with Crippen LogP contribution in [0.3, 0.4) is 0 Å². The highest BCUT2D eigenvalue weighted by molar-refractivity contribution is 5.87. The summed E-state index contributed by atoms with van der Waals surface area (Å²) >= 11 is 0. The number of anilines is 1. The Bertz CT molecular complexity index is 729. The first-order valence-electron chi connectivity index (χ1n) is 8.85. The maximum absolute atomic E-state index is 12.7. The Kier molecular flexibility index (Phi) is 4.08. The van der Waals surface area contributed by atoms with Gasteiger partial charge in [0.2, 0.25) is 5.91 Å². The maximum atomic E-state index is 12.7. The van der Waals surface area contributed by atoms with E-state index in [1.165, 1.54) is 38.4 Å². The molecule has 0 unspecified atom stereocenters. The molecule has 2 aromatic rings. The predicted molar refractivity (Wildman–Crippen MR) is 91.6 cm³/mol. The smallest absolute Gasteiger partial charge is 0.242 e. The average Bonchev–Trinajstić information content (AvgIpc) is 3.09. The number of hydrogen-bond acceptors (Lipinski definition) is 5. The van der Waals surface area contributed by atoms with Crippen LogP contribution >= 0.6 is 0 Å². The Balaban J connectivity index is 1.43. The first-order valence-corrected chi connectivity index (χ1v) is 8.85. The zero-order chi connectivity index (χ0) is 16.5. The number of imidazole rings is 1. The fourth-order valence-corrected chi connectivity index (χ4v) is 4.25. The highest BCUT2D eigenvalue weighted by Gasteiger charge is 2.33. The lowest BCUT2D eigenvalue weighted by atomic mass is 9.75. The van der Waals surface area contributed by atoms with Crippen LogP contribution < -0.4 is 4.90 Å². The minimum Gasteiger partial charge on any atom is -0.348 e. The van der Waals surface area contributed by atoms with Gasteiger partial charge in [-0.1, -0.05) is 19.3 Å². The zero-order valence-corrected chi connectivity index (χ0v) is 14.1. The van der Waals surface area contributed by atoms with Crippen LogP contribution in [0.1, 0.15) is 32.1 Å². The van der Waals surface area contributed by atoms with Crippen LogP contribution in [0.2, 0.25) is 0 Å². The molecule has 128 valence electrons. The third kappa shape index (κ3) is 2.83. The van der Waals surface area contributed by atoms with Crippen LogP contribution in [-0.2, 0) is 4.79 Å². The zero-order valence-electron chi connectivity index (χ0n) is 14.1. The normalized spacial score (nSPS) is 24.0. The number of nitrogens with one attached hydrogen (secondary N) is 1. The van der Waals surface area contributed by atoms with Gasteiger partial charge >= 0.3 is 0 Å². The first kappa shape index (κ1) is 15.4. The van der Waals surface area contributed by atoms with Crippen molar-refractivity contribution < 1.29 is 4.79 Å². The van der Waals surface area contributed by atoms with Crippen molar-refractivity contribution in [3.8, 4) is 0 Å². The number of nitrogens with zero attached hydrogens (tertiary/aromatic N) is 5. The van der Waals surface area contributed by atoms with Crippen molar-refractivity contribution in [3.05, 3.63) is 12.7 Å². The Morgan fingerprint density at radius 2 is 2.08 bits per heavy atom. The van der Waals surface area contributed by atoms with Crippen LogP contribution in [0.4, 0.5) is 5.82 Å². The molecule has 0 spiro atoms. The van der Waals surface area contributed by atoms with Crippen molar-refractivity contribution in [3.63, 3.8) is 0 Å². The molecule has 7 heteroatoms. The van der Waals surface area contributed by atoms with E-state index in [0.717, 1.165) is 30.3 Å². The Morgan fingerprint density at radius 1 is 1.25 bits per heavy atom. The first-order chi connectivity index (χ1) is 11.7. The third-order valence-corrected chi connectivity index (χ3v) is 5.58. The number of likely N-dealkylation sites (tertiary alicyclic amines) is 1. The second-order valence-corrected chi connectivity index (χ2v) is 7.09. The van der Waals surface area contributed by atoms with E-state index in [2.05, 4.69) is 19.9 Å². The van der Waals surface area contributed by atoms with Gasteiger partial charge in [0.25, 0.3) is 0 Å². The van der Waals surface area contributed by atoms with Crippen LogP contribution in [0.15, 0.2) is 12.7 Å². The SMILES string of the molecule is CN(CC(=O)N1CC[C@@H]2CCCC[C@H]2C1)c1ncnc2nc[nH]c12. The molecule has 1 saturated heterocycles. The van der Waals surface area contributed by atoms with Gasteiger partial charge in [0, 0.05) is 20.1 Å². The number of piperidine rings is 1. The Hall–Kier alpha value is -2.18. The van der Waals surface area contributed by atoms with Crippen molar-refractivity contribution in [2.45, 2.75) is 32.1 Å². The number of carbonyl (C=O) groups is 1. The van der Waals surface area contributed by atoms with E-state index < -0.39 is 0 Å². The molecule has 0 aromatic carbocycles. The summed E-state index contributed by atoms with van der Waals surface area (Å²) < 4.78 is 0. The molecule has 1 aliphatic carbocycles. The molecular formula is C17H24N6O. The monoisotopic (exact) mass is 328 g/mol. The summed E-state index contributed by atoms with van der Waals surface area (Å²) in [6.07, 6.45) is 9.58. The molecule has 7 nitrogen and oxygen atoms in total. The molecule has 2 atom stereocenters. The van der Waals surface area contributed by atoms with Crippen LogP contribution in [0, 0.1) is 11.8 Å². The highest BCUT2D eigenvalue weighted by Crippen LogP contribution is 2.36. The number of carbonyl (C=O) groups excluding carboxylic acids is 1. The molecule has 0 radical (unpaired) electrons. The van der Waals surface area contributed by atoms with E-state index in [1.54, 1.807) is 6.33 Å². The van der Waals surface area contributed by atoms with Gasteiger partial charge in [-0.2, -0.15) is 0 Å². The molecule has 2 aromatic heterocycles. The van der Waals surface area contributed by atoms with Gasteiger partial charge < -0.3 is 14.8 Å². The topological polar surface area (TPSA) is 78.0 Å². The molecular weight excluding hydrogens is 304 g/mol. The fourth-order valence-electron chi connectivity index (χ4n) is 4.25. The van der Waals surface area contributed by atoms with Gasteiger partial charge in [-0.25, -0.2) is 15.0 Å². The second-order valence-electron chi connectivity index (χ2n) is 7.09. The van der Waals surface area contributed by atoms with Crippen LogP contribution in [0.25, 0.3) is 11.2 Å². The minimum absolute atomic E-state index is 0.188. The van der Waals surface area contributed by atoms with Crippen LogP contribution in [-0.4, -0.2) is 57.4 Å². The van der Waals surface area contributed by atoms with E-state index >= 15 is 0 Å². The summed E-state index contributed by atoms with van der Waals surface area (Å²) in [4.78, 5) is 32.3. The Labute approximate surface area is 141 Å². The Morgan fingerprint density at radius 3 is 2.96 bits per heavy atom. The van der Waals surface area contributed by atoms with Gasteiger partial charge in [0.15, 0.2) is 11.5 Å². The van der Waals surface area contributed by atoms with E-state index in [0.29, 0.717) is 18.1 Å². The van der Waals surface area contributed by atoms with Crippen molar-refractivity contribution in [2.75, 3.05) is 31.6 Å². The quantitative estimate of drug-likeness (QED) is 0.930. The number of hydrogen-bond donors (Lipinski definition) is 1. The lowest BCUT2D eigenvalue weighted by Crippen LogP contribution is -2.47. The molecule has 3 heterocycles. The van der Waals surface area contributed by atoms with E-state index in [4.69, 9.17) is 0 Å². The minimum atomic E-state index is 0.188. The number of aromatic amines is 1. The highest BCUT2D eigenvalue weighted by atomic mass is 16.2. The number of H-pyrrole nitrogens is 1. The maximum Gasteiger partial charge on any atom is 0.242 e. The number of likely N-dealkylation sites (N-methyl/N-ethyl adjacent to an activating group) is 1. The summed E-state index contributed by atoms with van der Waals surface area (Å²) in [5.41, 5.74) is 1.40. The molecule has 0 bridgehead atoms. The largest absolute Gasteiger partial charge is 0.348 e. The second kappa shape index (κ2) is 6.37. The summed E-state index contributed by atoms with van der Waals surface area (Å²) in [7, 11) is 1.90. The van der Waals surface area contributed by atoms with Gasteiger partial charge in [0.05, 0.1) is 12.9 Å². The molecule has 1 amide bonds. The molecule has 2 aliphatic rings. The lowest BCUT2D eigenvalue weighted by molar-refractivity contribution is -0.132. The van der Waals surface area contributed by atoms with E-state index in [9.17, 15) is 4.79 Å². The molecule has 2 fully saturated rings. The van der Waals surface area contributed by atoms with E-state index in [1.807, 2.05) is 16.8 Å². The van der Waals surface area contributed by atoms with Gasteiger partial charge in [-0.05, 0) is 24.7 Å². The van der Waals surface area contributed by atoms with Crippen molar-refractivity contribution in [2.24, 2.45) is 11.8 Å². The summed E-state index contributed by atoms with van der Waals surface area (Å²) in [6.45, 7) is 2.17. The average molecular weight is 328 g/mol. The fraction of sp³-hybridized carbons (Fsp3) is 0.647. The number of amides is 1. The third-order valence-electron chi connectivity index (χ3n) is 5.58. The van der Waals surface area contributed by atoms with Crippen molar-refractivity contribution >= 4 is 22.9 Å². The molecule has 1 saturated carbocycles. The molecule has 4 rings (SSSR count). The lowest BCUT2D eigenvalue weighted by Gasteiger charge is -2.41. The van der Waals surface area contributed by atoms with Gasteiger partial charge in [-0.3, -0.25) is 4.79 Å². The van der Waals surface area contributed by atoms with E-state index in [-0.39, 0.29) is 5.91 Å². The number of aromatic nitrogens is 4. The van der Waals surface area contributed by atoms with Crippen molar-refractivity contribution in [1.82, 2.24) is 24.8 Å². The summed E-state index contributed by atoms with van der Waals surface area (Å²) in [6, 6.07) is 0. The molecule has 1 N–H and O–H groups in total. The molecule has 1 aliphatic heterocycles. The van der Waals surface area contributed by atoms with Crippen LogP contribution in [0.5, 0.6) is 0 Å². The summed E-state index contributed by atoms with van der Waals surface area (Å²) in [5.74, 6) is 2.46. The van der Waals surface area contributed by atoms with Gasteiger partial charge in [0.1, 0.15) is 11.8 Å².